The number of morpholine rings is 2. The van der Waals surface area contributed by atoms with Crippen LogP contribution in [0.3, 0.4) is 0 Å². The number of benzene rings is 2. The number of nitrogens with two attached hydrogens (primary N) is 1. The first-order valence-electron chi connectivity index (χ1n) is 24.5. The number of methoxy groups -OCH3 is 3. The first-order valence-corrected chi connectivity index (χ1v) is 26.3. The molecule has 0 spiro atoms. The highest BCUT2D eigenvalue weighted by molar-refractivity contribution is 7.17. The number of amides is 1. The summed E-state index contributed by atoms with van der Waals surface area (Å²) in [7, 11) is 5.29. The van der Waals surface area contributed by atoms with E-state index in [1.54, 1.807) is 36.9 Å². The highest BCUT2D eigenvalue weighted by Crippen LogP contribution is 2.49. The monoisotopic (exact) mass is 972 g/mol. The lowest BCUT2D eigenvalue weighted by Crippen LogP contribution is -2.56. The number of primary amides is 1. The third kappa shape index (κ3) is 8.00. The standard InChI is InChI=1S/C27H32N4O3S.C24H28N6O3S/c1-32-20-11-16-7-8-17(12-20)31(16)27-28-25(30-18-9-10-19(30)14-34-13-18)24-22(15-35-26(24)29-27)21-5-3-4-6-23(21)33-2;1-32-19-5-3-2-4-16(19)17-13-34-23-20(17)22(30-14-6-7-15(30)12-33-11-14)27-24(28-23)29-9-8-26-18(10-29)21(25)31/h3-6,15-20H,7-14H2,1-2H3;2-5,13-15,18,26H,6-12H2,1H3,(H2,25,31). The SMILES string of the molecule is COc1ccccc1-c1csc2nc(N3C4CCC3CC(OC)C4)nc(N3C4CCC3COC4)c12.COc1ccccc1-c1csc2nc(N3CCNC(C(N)=O)C3)nc(N3C4CCC3COC4)c12. The Bertz CT molecular complexity index is 2820. The molecule has 6 bridgehead atoms. The number of piperazine rings is 1. The van der Waals surface area contributed by atoms with Gasteiger partial charge in [0.25, 0.3) is 0 Å². The van der Waals surface area contributed by atoms with E-state index in [1.807, 2.05) is 37.4 Å². The van der Waals surface area contributed by atoms with Gasteiger partial charge in [0.2, 0.25) is 17.8 Å². The average molecular weight is 973 g/mol. The summed E-state index contributed by atoms with van der Waals surface area (Å²) in [5, 5.41) is 9.78. The maximum Gasteiger partial charge on any atom is 0.236 e. The zero-order valence-corrected chi connectivity index (χ0v) is 41.1. The lowest BCUT2D eigenvalue weighted by atomic mass is 10.00. The number of piperidine rings is 1. The fourth-order valence-electron chi connectivity index (χ4n) is 12.3. The van der Waals surface area contributed by atoms with Gasteiger partial charge in [-0.2, -0.15) is 9.97 Å². The van der Waals surface area contributed by atoms with Gasteiger partial charge in [0, 0.05) is 71.8 Å². The lowest BCUT2D eigenvalue weighted by Gasteiger charge is -2.40. The number of anilines is 4. The molecule has 18 heteroatoms. The summed E-state index contributed by atoms with van der Waals surface area (Å²) < 4.78 is 29.0. The zero-order chi connectivity index (χ0) is 46.8. The number of ether oxygens (including phenoxy) is 5. The fourth-order valence-corrected chi connectivity index (χ4v) is 14.2. The van der Waals surface area contributed by atoms with Crippen molar-refractivity contribution in [3.63, 3.8) is 0 Å². The second-order valence-electron chi connectivity index (χ2n) is 19.4. The van der Waals surface area contributed by atoms with E-state index < -0.39 is 6.04 Å². The maximum atomic E-state index is 11.8. The van der Waals surface area contributed by atoms with Crippen LogP contribution < -0.4 is 40.1 Å². The summed E-state index contributed by atoms with van der Waals surface area (Å²) in [6, 6.07) is 18.2. The molecule has 0 radical (unpaired) electrons. The van der Waals surface area contributed by atoms with Crippen LogP contribution in [-0.4, -0.2) is 142 Å². The van der Waals surface area contributed by atoms with Crippen molar-refractivity contribution in [1.82, 2.24) is 25.3 Å². The number of nitrogens with zero attached hydrogens (tertiary/aromatic N) is 8. The Hall–Kier alpha value is -5.37. The molecule has 7 aliphatic heterocycles. The number of thiophene rings is 2. The number of carbonyl (C=O) groups is 1. The van der Waals surface area contributed by atoms with Gasteiger partial charge in [0.15, 0.2) is 0 Å². The molecule has 1 amide bonds. The van der Waals surface area contributed by atoms with E-state index in [-0.39, 0.29) is 5.91 Å². The molecule has 0 aliphatic carbocycles. The van der Waals surface area contributed by atoms with Crippen LogP contribution >= 0.6 is 22.7 Å². The number of rotatable bonds is 10. The van der Waals surface area contributed by atoms with Gasteiger partial charge in [0.05, 0.1) is 81.7 Å². The molecule has 13 rings (SSSR count). The minimum absolute atomic E-state index is 0.302. The molecule has 7 fully saturated rings. The van der Waals surface area contributed by atoms with Crippen LogP contribution in [0.5, 0.6) is 11.5 Å². The van der Waals surface area contributed by atoms with Crippen molar-refractivity contribution in [2.45, 2.75) is 99.8 Å². The first-order chi connectivity index (χ1) is 33.9. The Morgan fingerprint density at radius 1 is 0.638 bits per heavy atom. The molecule has 4 aromatic heterocycles. The Labute approximate surface area is 410 Å². The van der Waals surface area contributed by atoms with Crippen molar-refractivity contribution in [3.8, 4) is 33.8 Å². The Morgan fingerprint density at radius 3 is 1.61 bits per heavy atom. The minimum Gasteiger partial charge on any atom is -0.496 e. The highest BCUT2D eigenvalue weighted by Gasteiger charge is 2.45. The summed E-state index contributed by atoms with van der Waals surface area (Å²) in [6.45, 7) is 4.80. The molecule has 7 atom stereocenters. The summed E-state index contributed by atoms with van der Waals surface area (Å²) in [5.41, 5.74) is 9.96. The van der Waals surface area contributed by atoms with E-state index in [0.717, 1.165) is 130 Å². The molecule has 69 heavy (non-hydrogen) atoms. The molecule has 2 aromatic carbocycles. The lowest BCUT2D eigenvalue weighted by molar-refractivity contribution is -0.120. The zero-order valence-electron chi connectivity index (χ0n) is 39.4. The number of aromatic nitrogens is 4. The molecular formula is C51H60N10O6S2. The normalized spacial score (nSPS) is 27.2. The van der Waals surface area contributed by atoms with E-state index in [2.05, 4.69) is 53.9 Å². The Balaban J connectivity index is 0.000000143. The van der Waals surface area contributed by atoms with Crippen molar-refractivity contribution in [2.75, 3.05) is 87.0 Å². The fraction of sp³-hybridized carbons (Fsp3) is 0.510. The number of hydrogen-bond donors (Lipinski definition) is 2. The number of fused-ring (bicyclic) bond motifs is 8. The molecule has 0 saturated carbocycles. The third-order valence-corrected chi connectivity index (χ3v) is 17.4. The van der Waals surface area contributed by atoms with Crippen LogP contribution in [0.2, 0.25) is 0 Å². The van der Waals surface area contributed by atoms with E-state index >= 15 is 0 Å². The predicted octanol–water partition coefficient (Wildman–Crippen LogP) is 6.88. The second kappa shape index (κ2) is 18.8. The highest BCUT2D eigenvalue weighted by atomic mass is 32.1. The van der Waals surface area contributed by atoms with Crippen molar-refractivity contribution >= 4 is 72.5 Å². The predicted molar refractivity (Wildman–Crippen MR) is 272 cm³/mol. The van der Waals surface area contributed by atoms with E-state index in [9.17, 15) is 4.79 Å². The van der Waals surface area contributed by atoms with Crippen LogP contribution in [0, 0.1) is 0 Å². The van der Waals surface area contributed by atoms with Crippen LogP contribution in [0.15, 0.2) is 59.3 Å². The number of nitrogens with one attached hydrogen (secondary N) is 1. The molecular weight excluding hydrogens is 913 g/mol. The van der Waals surface area contributed by atoms with Crippen molar-refractivity contribution in [1.29, 1.82) is 0 Å². The van der Waals surface area contributed by atoms with Crippen molar-refractivity contribution in [3.05, 3.63) is 59.3 Å². The quantitative estimate of drug-likeness (QED) is 0.146. The van der Waals surface area contributed by atoms with Gasteiger partial charge in [-0.3, -0.25) is 4.79 Å². The van der Waals surface area contributed by atoms with Crippen molar-refractivity contribution in [2.24, 2.45) is 5.73 Å². The van der Waals surface area contributed by atoms with Gasteiger partial charge >= 0.3 is 0 Å². The van der Waals surface area contributed by atoms with Crippen LogP contribution in [0.1, 0.15) is 51.4 Å². The van der Waals surface area contributed by atoms with Gasteiger partial charge in [-0.25, -0.2) is 9.97 Å². The first kappa shape index (κ1) is 44.8. The minimum atomic E-state index is -0.413. The van der Waals surface area contributed by atoms with E-state index in [4.69, 9.17) is 49.4 Å². The Kier molecular flexibility index (Phi) is 12.2. The summed E-state index contributed by atoms with van der Waals surface area (Å²) in [4.78, 5) is 44.2. The summed E-state index contributed by atoms with van der Waals surface area (Å²) in [5.74, 6) is 4.93. The molecule has 6 aromatic rings. The van der Waals surface area contributed by atoms with E-state index in [0.29, 0.717) is 74.6 Å². The van der Waals surface area contributed by atoms with Crippen LogP contribution in [-0.2, 0) is 19.0 Å². The third-order valence-electron chi connectivity index (χ3n) is 15.6. The molecule has 3 N–H and O–H groups in total. The second-order valence-corrected chi connectivity index (χ2v) is 21.1. The largest absolute Gasteiger partial charge is 0.496 e. The van der Waals surface area contributed by atoms with Gasteiger partial charge in [0.1, 0.15) is 38.8 Å². The number of hydrogen-bond acceptors (Lipinski definition) is 17. The number of para-hydroxylation sites is 2. The van der Waals surface area contributed by atoms with Crippen LogP contribution in [0.4, 0.5) is 23.5 Å². The molecule has 16 nitrogen and oxygen atoms in total. The van der Waals surface area contributed by atoms with E-state index in [1.165, 1.54) is 12.8 Å². The molecule has 362 valence electrons. The topological polar surface area (TPSA) is 166 Å². The van der Waals surface area contributed by atoms with Gasteiger partial charge < -0.3 is 54.3 Å². The molecule has 7 unspecified atom stereocenters. The maximum absolute atomic E-state index is 11.8. The summed E-state index contributed by atoms with van der Waals surface area (Å²) in [6.07, 6.45) is 9.36. The van der Waals surface area contributed by atoms with Crippen LogP contribution in [0.25, 0.3) is 42.7 Å². The average Bonchev–Trinajstić information content (AvgIpc) is 4.19. The molecule has 7 saturated heterocycles. The molecule has 7 aliphatic rings. The summed E-state index contributed by atoms with van der Waals surface area (Å²) >= 11 is 3.33. The smallest absolute Gasteiger partial charge is 0.236 e. The van der Waals surface area contributed by atoms with Gasteiger partial charge in [-0.05, 0) is 63.5 Å². The van der Waals surface area contributed by atoms with Crippen molar-refractivity contribution < 1.29 is 28.5 Å². The molecule has 11 heterocycles. The number of carbonyl (C=O) groups excluding carboxylic acids is 1. The Morgan fingerprint density at radius 2 is 1.12 bits per heavy atom. The van der Waals surface area contributed by atoms with Gasteiger partial charge in [-0.15, -0.1) is 22.7 Å². The van der Waals surface area contributed by atoms with Gasteiger partial charge in [-0.1, -0.05) is 36.4 Å².